The minimum Gasteiger partial charge on any atom is -0.399 e. The Morgan fingerprint density at radius 3 is 2.50 bits per heavy atom. The van der Waals surface area contributed by atoms with Crippen molar-refractivity contribution in [1.29, 1.82) is 0 Å². The van der Waals surface area contributed by atoms with Crippen molar-refractivity contribution in [1.82, 2.24) is 9.80 Å². The van der Waals surface area contributed by atoms with Gasteiger partial charge in [0.2, 0.25) is 0 Å². The van der Waals surface area contributed by atoms with Gasteiger partial charge in [0, 0.05) is 54.5 Å². The van der Waals surface area contributed by atoms with Crippen molar-refractivity contribution in [2.75, 3.05) is 32.4 Å². The molecule has 0 bridgehead atoms. The topological polar surface area (TPSA) is 32.5 Å². The Morgan fingerprint density at radius 2 is 1.91 bits per heavy atom. The zero-order chi connectivity index (χ0) is 15.3. The number of nitrogens with two attached hydrogens (primary N) is 1. The van der Waals surface area contributed by atoms with Crippen LogP contribution in [0.3, 0.4) is 0 Å². The Hall–Kier alpha value is -0.751. The summed E-state index contributed by atoms with van der Waals surface area (Å²) in [6.45, 7) is 3.02. The van der Waals surface area contributed by atoms with Crippen molar-refractivity contribution < 1.29 is 30.2 Å². The van der Waals surface area contributed by atoms with E-state index < -0.39 is 11.7 Å². The van der Waals surface area contributed by atoms with Gasteiger partial charge in [-0.3, -0.25) is 4.90 Å². The smallest absolute Gasteiger partial charge is 0.399 e. The molecule has 1 aliphatic carbocycles. The van der Waals surface area contributed by atoms with E-state index in [0.717, 1.165) is 38.5 Å². The molecule has 0 radical (unpaired) electrons. The molecular weight excluding hydrogens is 335 g/mol. The molecule has 0 unspecified atom stereocenters. The predicted molar refractivity (Wildman–Crippen MR) is 75.7 cm³/mol. The first-order valence-corrected chi connectivity index (χ1v) is 7.19. The van der Waals surface area contributed by atoms with E-state index >= 15 is 0 Å². The van der Waals surface area contributed by atoms with Gasteiger partial charge in [-0.25, -0.2) is 0 Å². The Morgan fingerprint density at radius 1 is 1.23 bits per heavy atom. The fraction of sp³-hybridized carbons (Fsp3) is 0.600. The zero-order valence-corrected chi connectivity index (χ0v) is 13.5. The molecule has 1 aromatic carbocycles. The summed E-state index contributed by atoms with van der Waals surface area (Å²) in [5.74, 6) is 0. The van der Waals surface area contributed by atoms with E-state index in [-0.39, 0.29) is 28.3 Å². The fourth-order valence-corrected chi connectivity index (χ4v) is 3.28. The van der Waals surface area contributed by atoms with Crippen LogP contribution >= 0.6 is 0 Å². The van der Waals surface area contributed by atoms with Crippen molar-refractivity contribution in [2.24, 2.45) is 0 Å². The summed E-state index contributed by atoms with van der Waals surface area (Å²) in [6.07, 6.45) is -2.20. The Labute approximate surface area is 139 Å². The van der Waals surface area contributed by atoms with Crippen LogP contribution in [0.15, 0.2) is 18.2 Å². The van der Waals surface area contributed by atoms with Crippen LogP contribution in [0.25, 0.3) is 0 Å². The molecular formula is C15H20F3FeN3. The van der Waals surface area contributed by atoms with Crippen LogP contribution in [-0.4, -0.2) is 42.0 Å². The van der Waals surface area contributed by atoms with Gasteiger partial charge in [0.25, 0.3) is 0 Å². The van der Waals surface area contributed by atoms with Gasteiger partial charge in [0.1, 0.15) is 0 Å². The second-order valence-electron chi connectivity index (χ2n) is 6.30. The number of alkyl halides is 3. The summed E-state index contributed by atoms with van der Waals surface area (Å²) in [5.41, 5.74) is 5.50. The molecule has 1 heterocycles. The van der Waals surface area contributed by atoms with Crippen molar-refractivity contribution >= 4 is 5.69 Å². The second kappa shape index (κ2) is 6.04. The van der Waals surface area contributed by atoms with Gasteiger partial charge in [-0.15, -0.1) is 0 Å². The fourth-order valence-electron chi connectivity index (χ4n) is 3.28. The average molecular weight is 355 g/mol. The number of halogens is 3. The van der Waals surface area contributed by atoms with E-state index in [0.29, 0.717) is 12.1 Å². The standard InChI is InChI=1S/C15H20F3N3.Fe/c1-20-6-7-21(14(10-20)4-5-14)9-11-2-3-12(19)8-13(11)15(16,17)18;/h2-3,8H,4-7,9-10,19H2,1H3;. The number of benzene rings is 1. The summed E-state index contributed by atoms with van der Waals surface area (Å²) < 4.78 is 39.5. The van der Waals surface area contributed by atoms with Gasteiger partial charge in [-0.05, 0) is 37.6 Å². The van der Waals surface area contributed by atoms with Crippen LogP contribution < -0.4 is 5.73 Å². The number of hydrogen-bond acceptors (Lipinski definition) is 3. The molecule has 0 atom stereocenters. The summed E-state index contributed by atoms with van der Waals surface area (Å²) in [7, 11) is 2.07. The third-order valence-corrected chi connectivity index (χ3v) is 4.61. The van der Waals surface area contributed by atoms with Crippen LogP contribution in [0.2, 0.25) is 0 Å². The normalized spacial score (nSPS) is 21.6. The molecule has 2 N–H and O–H groups in total. The van der Waals surface area contributed by atoms with Gasteiger partial charge in [0.15, 0.2) is 0 Å². The number of rotatable bonds is 2. The van der Waals surface area contributed by atoms with E-state index in [1.807, 2.05) is 0 Å². The molecule has 0 amide bonds. The molecule has 3 nitrogen and oxygen atoms in total. The van der Waals surface area contributed by atoms with Gasteiger partial charge in [-0.2, -0.15) is 13.2 Å². The van der Waals surface area contributed by atoms with Crippen molar-refractivity contribution in [3.05, 3.63) is 29.3 Å². The van der Waals surface area contributed by atoms with E-state index in [1.165, 1.54) is 6.07 Å². The molecule has 22 heavy (non-hydrogen) atoms. The van der Waals surface area contributed by atoms with Gasteiger partial charge in [-0.1, -0.05) is 6.07 Å². The molecule has 1 spiro atoms. The first kappa shape index (κ1) is 17.6. The summed E-state index contributed by atoms with van der Waals surface area (Å²) >= 11 is 0. The largest absolute Gasteiger partial charge is 0.416 e. The quantitative estimate of drug-likeness (QED) is 0.654. The maximum absolute atomic E-state index is 13.2. The molecule has 124 valence electrons. The average Bonchev–Trinajstić information content (AvgIpc) is 3.14. The number of likely N-dealkylation sites (N-methyl/N-ethyl adjacent to an activating group) is 1. The van der Waals surface area contributed by atoms with E-state index in [4.69, 9.17) is 5.73 Å². The van der Waals surface area contributed by atoms with Gasteiger partial charge in [0.05, 0.1) is 5.56 Å². The molecule has 1 saturated heterocycles. The number of nitrogens with zero attached hydrogens (tertiary/aromatic N) is 2. The summed E-state index contributed by atoms with van der Waals surface area (Å²) in [4.78, 5) is 4.48. The molecule has 1 saturated carbocycles. The van der Waals surface area contributed by atoms with Crippen LogP contribution in [-0.2, 0) is 29.8 Å². The Balaban J connectivity index is 0.00000176. The number of nitrogen functional groups attached to an aromatic ring is 1. The molecule has 7 heteroatoms. The van der Waals surface area contributed by atoms with Gasteiger partial charge < -0.3 is 10.6 Å². The summed E-state index contributed by atoms with van der Waals surface area (Å²) in [6, 6.07) is 4.12. The third kappa shape index (κ3) is 3.43. The third-order valence-electron chi connectivity index (χ3n) is 4.61. The van der Waals surface area contributed by atoms with E-state index in [1.54, 1.807) is 6.07 Å². The SMILES string of the molecule is CN1CCN(Cc2ccc(N)cc2C(F)(F)F)C2(CC2)C1.[Fe]. The molecule has 2 aliphatic rings. The molecule has 2 fully saturated rings. The number of hydrogen-bond donors (Lipinski definition) is 1. The van der Waals surface area contributed by atoms with Crippen LogP contribution in [0.4, 0.5) is 18.9 Å². The van der Waals surface area contributed by atoms with E-state index in [2.05, 4.69) is 16.8 Å². The Kier molecular flexibility index (Phi) is 4.83. The van der Waals surface area contributed by atoms with Crippen molar-refractivity contribution in [3.63, 3.8) is 0 Å². The first-order valence-electron chi connectivity index (χ1n) is 7.19. The van der Waals surface area contributed by atoms with Crippen LogP contribution in [0.1, 0.15) is 24.0 Å². The Bertz CT molecular complexity index is 543. The monoisotopic (exact) mass is 355 g/mol. The minimum absolute atomic E-state index is 0. The number of piperazine rings is 1. The van der Waals surface area contributed by atoms with Crippen molar-refractivity contribution in [2.45, 2.75) is 31.1 Å². The molecule has 3 rings (SSSR count). The van der Waals surface area contributed by atoms with Crippen molar-refractivity contribution in [3.8, 4) is 0 Å². The molecule has 1 aliphatic heterocycles. The number of anilines is 1. The molecule has 1 aromatic rings. The first-order chi connectivity index (χ1) is 9.80. The summed E-state index contributed by atoms with van der Waals surface area (Å²) in [5, 5.41) is 0. The zero-order valence-electron chi connectivity index (χ0n) is 12.4. The van der Waals surface area contributed by atoms with E-state index in [9.17, 15) is 13.2 Å². The molecule has 0 aromatic heterocycles. The maximum atomic E-state index is 13.2. The van der Waals surface area contributed by atoms with Crippen LogP contribution in [0.5, 0.6) is 0 Å². The second-order valence-corrected chi connectivity index (χ2v) is 6.30. The van der Waals surface area contributed by atoms with Crippen LogP contribution in [0, 0.1) is 0 Å². The maximum Gasteiger partial charge on any atom is 0.416 e. The predicted octanol–water partition coefficient (Wildman–Crippen LogP) is 2.57. The van der Waals surface area contributed by atoms with Gasteiger partial charge >= 0.3 is 6.18 Å². The minimum atomic E-state index is -4.35.